The molecule has 1 saturated heterocycles. The SMILES string of the molecule is CO[C@@]1(NC(=O)C(N)c2ccccc2)C(=O)N2C(C(=O)O)=C(COC(C)=O)CS[C@@H]21. The van der Waals surface area contributed by atoms with E-state index in [1.165, 1.54) is 25.8 Å². The molecule has 10 nitrogen and oxygen atoms in total. The van der Waals surface area contributed by atoms with Gasteiger partial charge in [0.2, 0.25) is 5.91 Å². The average molecular weight is 435 g/mol. The van der Waals surface area contributed by atoms with Gasteiger partial charge in [0.1, 0.15) is 23.7 Å². The van der Waals surface area contributed by atoms with Crippen molar-refractivity contribution < 1.29 is 33.8 Å². The number of carboxylic acids is 1. The molecule has 2 aliphatic heterocycles. The highest BCUT2D eigenvalue weighted by molar-refractivity contribution is 8.00. The molecule has 1 aromatic rings. The molecular formula is C19H21N3O7S. The number of methoxy groups -OCH3 is 1. The van der Waals surface area contributed by atoms with Crippen molar-refractivity contribution in [3.05, 3.63) is 47.2 Å². The molecule has 2 aliphatic rings. The van der Waals surface area contributed by atoms with E-state index in [0.29, 0.717) is 5.56 Å². The van der Waals surface area contributed by atoms with Crippen molar-refractivity contribution in [3.8, 4) is 0 Å². The van der Waals surface area contributed by atoms with Crippen LogP contribution in [0.3, 0.4) is 0 Å². The lowest BCUT2D eigenvalue weighted by Crippen LogP contribution is -2.81. The molecule has 0 radical (unpaired) electrons. The molecule has 1 fully saturated rings. The predicted octanol–water partition coefficient (Wildman–Crippen LogP) is -0.0378. The van der Waals surface area contributed by atoms with Crippen molar-refractivity contribution >= 4 is 35.5 Å². The van der Waals surface area contributed by atoms with Gasteiger partial charge in [0.15, 0.2) is 0 Å². The van der Waals surface area contributed by atoms with E-state index in [0.717, 1.165) is 4.90 Å². The van der Waals surface area contributed by atoms with Gasteiger partial charge >= 0.3 is 11.9 Å². The number of β-lactam (4-membered cyclic amide) rings is 1. The number of amides is 2. The Kier molecular flexibility index (Phi) is 6.15. The summed E-state index contributed by atoms with van der Waals surface area (Å²) in [5.41, 5.74) is 4.81. The van der Waals surface area contributed by atoms with Crippen LogP contribution in [0.25, 0.3) is 0 Å². The fraction of sp³-hybridized carbons (Fsp3) is 0.368. The topological polar surface area (TPSA) is 148 Å². The number of nitrogens with two attached hydrogens (primary N) is 1. The lowest BCUT2D eigenvalue weighted by molar-refractivity contribution is -0.192. The van der Waals surface area contributed by atoms with Crippen molar-refractivity contribution in [2.24, 2.45) is 5.73 Å². The van der Waals surface area contributed by atoms with Gasteiger partial charge in [0.05, 0.1) is 0 Å². The summed E-state index contributed by atoms with van der Waals surface area (Å²) in [6.45, 7) is 0.960. The second kappa shape index (κ2) is 8.46. The Morgan fingerprint density at radius 1 is 1.37 bits per heavy atom. The summed E-state index contributed by atoms with van der Waals surface area (Å²) < 4.78 is 10.3. The monoisotopic (exact) mass is 435 g/mol. The van der Waals surface area contributed by atoms with Gasteiger partial charge in [0.25, 0.3) is 11.6 Å². The first-order chi connectivity index (χ1) is 14.2. The van der Waals surface area contributed by atoms with Crippen molar-refractivity contribution in [1.82, 2.24) is 10.2 Å². The van der Waals surface area contributed by atoms with E-state index < -0.39 is 40.9 Å². The summed E-state index contributed by atoms with van der Waals surface area (Å²) in [5, 5.41) is 11.4. The first kappa shape index (κ1) is 21.8. The second-order valence-corrected chi connectivity index (χ2v) is 7.76. The normalized spacial score (nSPS) is 23.9. The summed E-state index contributed by atoms with van der Waals surface area (Å²) in [7, 11) is 1.25. The molecule has 0 bridgehead atoms. The summed E-state index contributed by atoms with van der Waals surface area (Å²) in [4.78, 5) is 49.6. The maximum atomic E-state index is 13.0. The second-order valence-electron chi connectivity index (χ2n) is 6.69. The highest BCUT2D eigenvalue weighted by Gasteiger charge is 2.66. The van der Waals surface area contributed by atoms with Gasteiger partial charge in [-0.1, -0.05) is 30.3 Å². The van der Waals surface area contributed by atoms with Gasteiger partial charge in [-0.2, -0.15) is 0 Å². The standard InChI is InChI=1S/C19H21N3O7S/c1-10(23)29-8-12-9-30-18-19(28-2,17(27)22(18)14(12)16(25)26)21-15(24)13(20)11-6-4-3-5-7-11/h3-7,13,18H,8-9,20H2,1-2H3,(H,21,24)(H,25,26)/t13?,18-,19+/m1/s1. The summed E-state index contributed by atoms with van der Waals surface area (Å²) in [6.07, 6.45) is 0. The van der Waals surface area contributed by atoms with Crippen LogP contribution in [0.2, 0.25) is 0 Å². The highest BCUT2D eigenvalue weighted by Crippen LogP contribution is 2.46. The molecule has 1 unspecified atom stereocenters. The minimum Gasteiger partial charge on any atom is -0.477 e. The van der Waals surface area contributed by atoms with Gasteiger partial charge in [0, 0.05) is 25.4 Å². The van der Waals surface area contributed by atoms with Crippen LogP contribution < -0.4 is 11.1 Å². The number of ether oxygens (including phenoxy) is 2. The van der Waals surface area contributed by atoms with Crippen LogP contribution in [0.5, 0.6) is 0 Å². The maximum absolute atomic E-state index is 13.0. The van der Waals surface area contributed by atoms with Crippen LogP contribution >= 0.6 is 11.8 Å². The Morgan fingerprint density at radius 3 is 2.60 bits per heavy atom. The Morgan fingerprint density at radius 2 is 2.03 bits per heavy atom. The van der Waals surface area contributed by atoms with E-state index in [1.807, 2.05) is 0 Å². The lowest BCUT2D eigenvalue weighted by Gasteiger charge is -2.55. The number of hydrogen-bond acceptors (Lipinski definition) is 8. The molecule has 2 amide bonds. The first-order valence-electron chi connectivity index (χ1n) is 8.94. The number of nitrogens with one attached hydrogen (secondary N) is 1. The van der Waals surface area contributed by atoms with Crippen molar-refractivity contribution in [2.75, 3.05) is 19.5 Å². The van der Waals surface area contributed by atoms with Crippen LogP contribution in [-0.2, 0) is 28.7 Å². The smallest absolute Gasteiger partial charge is 0.352 e. The molecule has 11 heteroatoms. The summed E-state index contributed by atoms with van der Waals surface area (Å²) >= 11 is 1.19. The number of hydrogen-bond donors (Lipinski definition) is 3. The molecule has 3 rings (SSSR count). The molecule has 0 saturated carbocycles. The zero-order chi connectivity index (χ0) is 22.1. The number of carboxylic acid groups (broad SMARTS) is 1. The van der Waals surface area contributed by atoms with E-state index in [4.69, 9.17) is 15.2 Å². The molecule has 2 heterocycles. The molecule has 160 valence electrons. The molecule has 0 aliphatic carbocycles. The van der Waals surface area contributed by atoms with E-state index in [-0.39, 0.29) is 23.6 Å². The highest BCUT2D eigenvalue weighted by atomic mass is 32.2. The van der Waals surface area contributed by atoms with E-state index in [2.05, 4.69) is 5.32 Å². The minimum atomic E-state index is -1.75. The third-order valence-corrected chi connectivity index (χ3v) is 6.21. The number of carbonyl (C=O) groups is 4. The van der Waals surface area contributed by atoms with Gasteiger partial charge in [-0.3, -0.25) is 19.3 Å². The third kappa shape index (κ3) is 3.66. The molecule has 0 aromatic heterocycles. The Balaban J connectivity index is 1.84. The van der Waals surface area contributed by atoms with Crippen molar-refractivity contribution in [2.45, 2.75) is 24.1 Å². The fourth-order valence-electron chi connectivity index (χ4n) is 3.32. The molecule has 4 N–H and O–H groups in total. The largest absolute Gasteiger partial charge is 0.477 e. The minimum absolute atomic E-state index is 0.176. The van der Waals surface area contributed by atoms with Crippen molar-refractivity contribution in [3.63, 3.8) is 0 Å². The van der Waals surface area contributed by atoms with Gasteiger partial charge < -0.3 is 25.6 Å². The molecular weight excluding hydrogens is 414 g/mol. The van der Waals surface area contributed by atoms with Crippen molar-refractivity contribution in [1.29, 1.82) is 0 Å². The number of esters is 1. The Bertz CT molecular complexity index is 920. The van der Waals surface area contributed by atoms with Crippen LogP contribution in [0, 0.1) is 0 Å². The number of carbonyl (C=O) groups excluding carboxylic acids is 3. The van der Waals surface area contributed by atoms with Crippen LogP contribution in [0.1, 0.15) is 18.5 Å². The molecule has 1 aromatic carbocycles. The number of benzene rings is 1. The zero-order valence-corrected chi connectivity index (χ0v) is 17.1. The van der Waals surface area contributed by atoms with E-state index >= 15 is 0 Å². The number of nitrogens with zero attached hydrogens (tertiary/aromatic N) is 1. The lowest BCUT2D eigenvalue weighted by atomic mass is 9.97. The number of rotatable bonds is 7. The Hall–Kier alpha value is -2.89. The quantitative estimate of drug-likeness (QED) is 0.305. The van der Waals surface area contributed by atoms with E-state index in [9.17, 15) is 24.3 Å². The Labute approximate surface area is 176 Å². The average Bonchev–Trinajstić information content (AvgIpc) is 2.74. The number of fused-ring (bicyclic) bond motifs is 1. The van der Waals surface area contributed by atoms with Crippen LogP contribution in [0.15, 0.2) is 41.6 Å². The predicted molar refractivity (Wildman–Crippen MR) is 106 cm³/mol. The molecule has 0 spiro atoms. The summed E-state index contributed by atoms with van der Waals surface area (Å²) in [5.74, 6) is -3.11. The summed E-state index contributed by atoms with van der Waals surface area (Å²) in [6, 6.07) is 7.57. The van der Waals surface area contributed by atoms with Crippen LogP contribution in [0.4, 0.5) is 0 Å². The molecule has 30 heavy (non-hydrogen) atoms. The zero-order valence-electron chi connectivity index (χ0n) is 16.3. The third-order valence-electron chi connectivity index (χ3n) is 4.83. The van der Waals surface area contributed by atoms with Gasteiger partial charge in [-0.15, -0.1) is 11.8 Å². The van der Waals surface area contributed by atoms with E-state index in [1.54, 1.807) is 30.3 Å². The number of thioether (sulfide) groups is 1. The molecule has 3 atom stereocenters. The maximum Gasteiger partial charge on any atom is 0.352 e. The van der Waals surface area contributed by atoms with Gasteiger partial charge in [-0.05, 0) is 5.56 Å². The number of aliphatic carboxylic acids is 1. The first-order valence-corrected chi connectivity index (χ1v) is 9.99. The fourth-order valence-corrected chi connectivity index (χ4v) is 4.74. The van der Waals surface area contributed by atoms with Gasteiger partial charge in [-0.25, -0.2) is 4.79 Å². The van der Waals surface area contributed by atoms with Crippen LogP contribution in [-0.4, -0.2) is 64.3 Å².